The van der Waals surface area contributed by atoms with Gasteiger partial charge in [-0.2, -0.15) is 5.10 Å². The van der Waals surface area contributed by atoms with E-state index in [-0.39, 0.29) is 5.82 Å². The average molecular weight is 261 g/mol. The summed E-state index contributed by atoms with van der Waals surface area (Å²) in [7, 11) is 0. The Bertz CT molecular complexity index is 561. The van der Waals surface area contributed by atoms with Gasteiger partial charge < -0.3 is 5.32 Å². The van der Waals surface area contributed by atoms with Crippen LogP contribution in [0.1, 0.15) is 30.8 Å². The lowest BCUT2D eigenvalue weighted by Gasteiger charge is -2.09. The molecule has 0 aliphatic carbocycles. The van der Waals surface area contributed by atoms with Gasteiger partial charge in [-0.15, -0.1) is 0 Å². The first-order chi connectivity index (χ1) is 9.13. The summed E-state index contributed by atoms with van der Waals surface area (Å²) in [5.74, 6) is -0.210. The maximum atomic E-state index is 13.7. The molecule has 2 rings (SSSR count). The number of nitrogens with one attached hydrogen (secondary N) is 1. The third-order valence-corrected chi connectivity index (χ3v) is 3.16. The molecule has 0 bridgehead atoms. The Morgan fingerprint density at radius 2 is 2.05 bits per heavy atom. The number of benzene rings is 1. The molecule has 4 heteroatoms. The lowest BCUT2D eigenvalue weighted by molar-refractivity contribution is 0.613. The fourth-order valence-corrected chi connectivity index (χ4v) is 2.05. The van der Waals surface area contributed by atoms with Gasteiger partial charge in [0.05, 0.1) is 23.6 Å². The van der Waals surface area contributed by atoms with Crippen LogP contribution in [0.5, 0.6) is 0 Å². The van der Waals surface area contributed by atoms with E-state index in [9.17, 15) is 4.39 Å². The minimum absolute atomic E-state index is 0.210. The van der Waals surface area contributed by atoms with Gasteiger partial charge >= 0.3 is 0 Å². The predicted octanol–water partition coefficient (Wildman–Crippen LogP) is 3.53. The highest BCUT2D eigenvalue weighted by Gasteiger charge is 2.07. The van der Waals surface area contributed by atoms with E-state index in [4.69, 9.17) is 0 Å². The number of nitrogens with zero attached hydrogens (tertiary/aromatic N) is 2. The largest absolute Gasteiger partial charge is 0.377 e. The number of aromatic nitrogens is 2. The Hall–Kier alpha value is -1.84. The van der Waals surface area contributed by atoms with E-state index in [1.165, 1.54) is 6.07 Å². The van der Waals surface area contributed by atoms with Crippen LogP contribution in [0.4, 0.5) is 10.1 Å². The molecule has 0 spiro atoms. The Kier molecular flexibility index (Phi) is 4.20. The number of anilines is 1. The first-order valence-electron chi connectivity index (χ1n) is 6.69. The van der Waals surface area contributed by atoms with Crippen LogP contribution in [-0.4, -0.2) is 9.78 Å². The molecule has 0 saturated carbocycles. The SMILES string of the molecule is CCc1cc(CNc2ccc(C)cc2F)n(CC)n1. The number of aryl methyl sites for hydroxylation is 3. The van der Waals surface area contributed by atoms with Gasteiger partial charge in [-0.05, 0) is 44.0 Å². The second kappa shape index (κ2) is 5.87. The van der Waals surface area contributed by atoms with Crippen molar-refractivity contribution in [3.8, 4) is 0 Å². The molecule has 102 valence electrons. The third-order valence-electron chi connectivity index (χ3n) is 3.16. The molecule has 1 heterocycles. The second-order valence-corrected chi connectivity index (χ2v) is 4.63. The molecule has 0 radical (unpaired) electrons. The summed E-state index contributed by atoms with van der Waals surface area (Å²) in [6, 6.07) is 7.29. The molecule has 1 N–H and O–H groups in total. The summed E-state index contributed by atoms with van der Waals surface area (Å²) in [5, 5.41) is 7.61. The highest BCUT2D eigenvalue weighted by atomic mass is 19.1. The van der Waals surface area contributed by atoms with E-state index in [0.29, 0.717) is 12.2 Å². The first kappa shape index (κ1) is 13.6. The monoisotopic (exact) mass is 261 g/mol. The fourth-order valence-electron chi connectivity index (χ4n) is 2.05. The number of hydrogen-bond acceptors (Lipinski definition) is 2. The molecular weight excluding hydrogens is 241 g/mol. The molecule has 0 amide bonds. The van der Waals surface area contributed by atoms with Crippen LogP contribution in [-0.2, 0) is 19.5 Å². The van der Waals surface area contributed by atoms with Gasteiger partial charge in [0.15, 0.2) is 0 Å². The molecule has 0 fully saturated rings. The summed E-state index contributed by atoms with van der Waals surface area (Å²) >= 11 is 0. The standard InChI is InChI=1S/C15H20FN3/c1-4-12-9-13(19(5-2)18-12)10-17-15-7-6-11(3)8-14(15)16/h6-9,17H,4-5,10H2,1-3H3. The Morgan fingerprint density at radius 1 is 1.26 bits per heavy atom. The normalized spacial score (nSPS) is 10.7. The number of halogens is 1. The van der Waals surface area contributed by atoms with E-state index >= 15 is 0 Å². The van der Waals surface area contributed by atoms with Gasteiger partial charge in [-0.1, -0.05) is 13.0 Å². The van der Waals surface area contributed by atoms with Gasteiger partial charge in [0, 0.05) is 6.54 Å². The van der Waals surface area contributed by atoms with Gasteiger partial charge in [0.1, 0.15) is 5.82 Å². The molecular formula is C15H20FN3. The third kappa shape index (κ3) is 3.13. The predicted molar refractivity (Wildman–Crippen MR) is 75.7 cm³/mol. The van der Waals surface area contributed by atoms with E-state index in [1.807, 2.05) is 17.7 Å². The van der Waals surface area contributed by atoms with Crippen LogP contribution < -0.4 is 5.32 Å². The summed E-state index contributed by atoms with van der Waals surface area (Å²) in [4.78, 5) is 0. The van der Waals surface area contributed by atoms with Crippen LogP contribution in [0.3, 0.4) is 0 Å². The van der Waals surface area contributed by atoms with Crippen molar-refractivity contribution in [3.05, 3.63) is 47.0 Å². The van der Waals surface area contributed by atoms with Gasteiger partial charge in [0.2, 0.25) is 0 Å². The van der Waals surface area contributed by atoms with E-state index in [1.54, 1.807) is 6.07 Å². The first-order valence-corrected chi connectivity index (χ1v) is 6.69. The minimum Gasteiger partial charge on any atom is -0.377 e. The Morgan fingerprint density at radius 3 is 2.68 bits per heavy atom. The van der Waals surface area contributed by atoms with Crippen molar-refractivity contribution in [2.24, 2.45) is 0 Å². The van der Waals surface area contributed by atoms with Crippen molar-refractivity contribution in [1.82, 2.24) is 9.78 Å². The highest BCUT2D eigenvalue weighted by Crippen LogP contribution is 2.16. The van der Waals surface area contributed by atoms with Gasteiger partial charge in [-0.25, -0.2) is 4.39 Å². The van der Waals surface area contributed by atoms with E-state index < -0.39 is 0 Å². The van der Waals surface area contributed by atoms with Gasteiger partial charge in [0.25, 0.3) is 0 Å². The second-order valence-electron chi connectivity index (χ2n) is 4.63. The molecule has 0 aliphatic heterocycles. The number of hydrogen-bond donors (Lipinski definition) is 1. The maximum absolute atomic E-state index is 13.7. The zero-order valence-corrected chi connectivity index (χ0v) is 11.7. The van der Waals surface area contributed by atoms with Crippen molar-refractivity contribution in [3.63, 3.8) is 0 Å². The molecule has 2 aromatic rings. The van der Waals surface area contributed by atoms with Crippen molar-refractivity contribution >= 4 is 5.69 Å². The topological polar surface area (TPSA) is 29.9 Å². The molecule has 1 aromatic carbocycles. The Balaban J connectivity index is 2.11. The van der Waals surface area contributed by atoms with Crippen LogP contribution in [0.2, 0.25) is 0 Å². The van der Waals surface area contributed by atoms with Crippen molar-refractivity contribution in [1.29, 1.82) is 0 Å². The van der Waals surface area contributed by atoms with Crippen molar-refractivity contribution in [2.75, 3.05) is 5.32 Å². The highest BCUT2D eigenvalue weighted by molar-refractivity contribution is 5.46. The summed E-state index contributed by atoms with van der Waals surface area (Å²) in [6.45, 7) is 7.43. The lowest BCUT2D eigenvalue weighted by Crippen LogP contribution is -2.08. The maximum Gasteiger partial charge on any atom is 0.146 e. The fraction of sp³-hybridized carbons (Fsp3) is 0.400. The molecule has 0 atom stereocenters. The van der Waals surface area contributed by atoms with E-state index in [0.717, 1.165) is 29.9 Å². The van der Waals surface area contributed by atoms with Crippen LogP contribution in [0.15, 0.2) is 24.3 Å². The zero-order chi connectivity index (χ0) is 13.8. The molecule has 0 aliphatic rings. The summed E-state index contributed by atoms with van der Waals surface area (Å²) < 4.78 is 15.7. The smallest absolute Gasteiger partial charge is 0.146 e. The minimum atomic E-state index is -0.210. The molecule has 0 saturated heterocycles. The zero-order valence-electron chi connectivity index (χ0n) is 11.7. The van der Waals surface area contributed by atoms with Crippen LogP contribution >= 0.6 is 0 Å². The Labute approximate surface area is 113 Å². The molecule has 19 heavy (non-hydrogen) atoms. The van der Waals surface area contributed by atoms with Crippen LogP contribution in [0, 0.1) is 12.7 Å². The van der Waals surface area contributed by atoms with Crippen LogP contribution in [0.25, 0.3) is 0 Å². The number of rotatable bonds is 5. The quantitative estimate of drug-likeness (QED) is 0.892. The molecule has 0 unspecified atom stereocenters. The average Bonchev–Trinajstić information content (AvgIpc) is 2.80. The van der Waals surface area contributed by atoms with Crippen molar-refractivity contribution in [2.45, 2.75) is 40.3 Å². The molecule has 1 aromatic heterocycles. The van der Waals surface area contributed by atoms with E-state index in [2.05, 4.69) is 30.3 Å². The van der Waals surface area contributed by atoms with Crippen molar-refractivity contribution < 1.29 is 4.39 Å². The molecule has 3 nitrogen and oxygen atoms in total. The lowest BCUT2D eigenvalue weighted by atomic mass is 10.2. The summed E-state index contributed by atoms with van der Waals surface area (Å²) in [6.07, 6.45) is 0.916. The summed E-state index contributed by atoms with van der Waals surface area (Å²) in [5.41, 5.74) is 3.62. The van der Waals surface area contributed by atoms with Gasteiger partial charge in [-0.3, -0.25) is 4.68 Å².